The second-order valence-electron chi connectivity index (χ2n) is 15.4. The average Bonchev–Trinajstić information content (AvgIpc) is 3.33. The van der Waals surface area contributed by atoms with Gasteiger partial charge in [-0.3, -0.25) is 14.6 Å². The lowest BCUT2D eigenvalue weighted by molar-refractivity contribution is -0.137. The van der Waals surface area contributed by atoms with Gasteiger partial charge in [-0.25, -0.2) is 13.2 Å². The van der Waals surface area contributed by atoms with Crippen molar-refractivity contribution >= 4 is 39.0 Å². The molecule has 18 heteroatoms. The molecule has 14 nitrogen and oxygen atoms in total. The zero-order chi connectivity index (χ0) is 48.9. The molecule has 364 valence electrons. The van der Waals surface area contributed by atoms with Gasteiger partial charge in [0.25, 0.3) is 11.8 Å². The highest BCUT2D eigenvalue weighted by molar-refractivity contribution is 7.91. The number of sulfone groups is 1. The average molecular weight is 963 g/mol. The van der Waals surface area contributed by atoms with Crippen LogP contribution < -0.4 is 15.5 Å². The van der Waals surface area contributed by atoms with E-state index in [1.54, 1.807) is 18.2 Å². The van der Waals surface area contributed by atoms with E-state index >= 15 is 0 Å². The number of carbonyl (C=O) groups is 3. The van der Waals surface area contributed by atoms with E-state index < -0.39 is 33.5 Å². The number of halogens is 3. The van der Waals surface area contributed by atoms with Gasteiger partial charge in [-0.05, 0) is 117 Å². The van der Waals surface area contributed by atoms with Gasteiger partial charge in [-0.2, -0.15) is 13.2 Å². The highest BCUT2D eigenvalue weighted by Crippen LogP contribution is 2.33. The first-order valence-corrected chi connectivity index (χ1v) is 23.9. The van der Waals surface area contributed by atoms with E-state index in [4.69, 9.17) is 24.1 Å². The molecule has 0 saturated carbocycles. The molecule has 0 spiro atoms. The Morgan fingerprint density at radius 3 is 1.97 bits per heavy atom. The molecular weight excluding hydrogens is 906 g/mol. The number of alkyl halides is 3. The smallest absolute Gasteiger partial charge is 0.416 e. The van der Waals surface area contributed by atoms with Crippen LogP contribution in [0.1, 0.15) is 74.5 Å². The number of rotatable bonds is 28. The third-order valence-electron chi connectivity index (χ3n) is 10.6. The molecule has 0 aliphatic heterocycles. The lowest BCUT2D eigenvalue weighted by Crippen LogP contribution is -2.23. The molecule has 2 amide bonds. The number of carboxylic acid groups (broad SMARTS) is 1. The number of aromatic nitrogens is 1. The van der Waals surface area contributed by atoms with Gasteiger partial charge in [0.05, 0.1) is 72.8 Å². The van der Waals surface area contributed by atoms with Crippen LogP contribution in [0.25, 0.3) is 11.3 Å². The second kappa shape index (κ2) is 26.4. The van der Waals surface area contributed by atoms with E-state index in [1.165, 1.54) is 42.6 Å². The molecule has 0 fully saturated rings. The number of carboxylic acids is 1. The molecule has 0 aliphatic rings. The van der Waals surface area contributed by atoms with Crippen molar-refractivity contribution in [2.45, 2.75) is 50.7 Å². The number of hydrogen-bond acceptors (Lipinski definition) is 11. The van der Waals surface area contributed by atoms with E-state index in [-0.39, 0.29) is 53.9 Å². The summed E-state index contributed by atoms with van der Waals surface area (Å²) in [6, 6.07) is 26.1. The van der Waals surface area contributed by atoms with E-state index in [0.29, 0.717) is 80.6 Å². The SMILES string of the molecule is CCN(CC)c1ccc(NC(=O)c2cccc(CCCOCCOCCOCCOCCCS(=O)(=O)c3cccc(C(=O)O)c3)c2)c(-c2cc(C(=O)NCc3cccc(C(F)(F)F)c3)ccn2)c1. The van der Waals surface area contributed by atoms with Gasteiger partial charge in [0.1, 0.15) is 0 Å². The summed E-state index contributed by atoms with van der Waals surface area (Å²) in [6.07, 6.45) is -1.39. The van der Waals surface area contributed by atoms with Crippen LogP contribution in [0.3, 0.4) is 0 Å². The molecule has 5 aromatic rings. The zero-order valence-corrected chi connectivity index (χ0v) is 38.9. The van der Waals surface area contributed by atoms with Crippen molar-refractivity contribution in [3.63, 3.8) is 0 Å². The lowest BCUT2D eigenvalue weighted by atomic mass is 10.0. The fourth-order valence-corrected chi connectivity index (χ4v) is 8.32. The summed E-state index contributed by atoms with van der Waals surface area (Å²) in [7, 11) is -3.62. The first-order chi connectivity index (χ1) is 32.7. The topological polar surface area (TPSA) is 183 Å². The summed E-state index contributed by atoms with van der Waals surface area (Å²) in [4.78, 5) is 44.7. The highest BCUT2D eigenvalue weighted by atomic mass is 32.2. The monoisotopic (exact) mass is 962 g/mol. The zero-order valence-electron chi connectivity index (χ0n) is 38.1. The molecule has 0 saturated heterocycles. The summed E-state index contributed by atoms with van der Waals surface area (Å²) in [6.45, 7) is 8.21. The maximum Gasteiger partial charge on any atom is 0.416 e. The number of amides is 2. The van der Waals surface area contributed by atoms with Crippen LogP contribution in [0.5, 0.6) is 0 Å². The number of nitrogens with one attached hydrogen (secondary N) is 2. The number of ether oxygens (including phenoxy) is 4. The van der Waals surface area contributed by atoms with Crippen LogP contribution in [0.2, 0.25) is 0 Å². The fourth-order valence-electron chi connectivity index (χ4n) is 6.99. The van der Waals surface area contributed by atoms with Gasteiger partial charge in [0.2, 0.25) is 0 Å². The summed E-state index contributed by atoms with van der Waals surface area (Å²) < 4.78 is 86.9. The van der Waals surface area contributed by atoms with Crippen LogP contribution >= 0.6 is 0 Å². The standard InChI is InChI=1S/C50H57F3N4O10S/c1-3-57(4-2)42-17-18-45(44(34-42)46-33-39(19-20-54-46)47(58)55-35-37-11-6-15-41(31-37)50(51,52)53)56-48(59)38-13-5-10-36(30-38)12-8-21-64-23-25-66-27-28-67-26-24-65-22-9-29-68(62,63)43-16-7-14-40(32-43)49(60)61/h5-7,10-11,13-20,30-34H,3-4,8-9,12,21-29,35H2,1-2H3,(H,55,58)(H,56,59)(H,60,61). The Labute approximate surface area is 394 Å². The molecule has 3 N–H and O–H groups in total. The summed E-state index contributed by atoms with van der Waals surface area (Å²) in [5, 5.41) is 14.8. The Hall–Kier alpha value is -6.18. The predicted octanol–water partition coefficient (Wildman–Crippen LogP) is 8.36. The van der Waals surface area contributed by atoms with Crippen LogP contribution in [0.4, 0.5) is 24.5 Å². The quantitative estimate of drug-likeness (QED) is 0.0408. The molecule has 0 unspecified atom stereocenters. The number of aromatic carboxylic acids is 1. The minimum absolute atomic E-state index is 0.0308. The molecule has 4 aromatic carbocycles. The van der Waals surface area contributed by atoms with Crippen molar-refractivity contribution < 1.29 is 60.0 Å². The number of pyridine rings is 1. The highest BCUT2D eigenvalue weighted by Gasteiger charge is 2.30. The number of benzene rings is 4. The Morgan fingerprint density at radius 2 is 1.29 bits per heavy atom. The predicted molar refractivity (Wildman–Crippen MR) is 252 cm³/mol. The van der Waals surface area contributed by atoms with Crippen molar-refractivity contribution in [3.8, 4) is 11.3 Å². The van der Waals surface area contributed by atoms with Crippen LogP contribution in [-0.4, -0.2) is 108 Å². The van der Waals surface area contributed by atoms with Crippen molar-refractivity contribution in [1.82, 2.24) is 10.3 Å². The molecule has 1 heterocycles. The Kier molecular flexibility index (Phi) is 20.5. The molecule has 0 aliphatic carbocycles. The van der Waals surface area contributed by atoms with E-state index in [9.17, 15) is 36.0 Å². The third kappa shape index (κ3) is 16.6. The van der Waals surface area contributed by atoms with Crippen molar-refractivity contribution in [1.29, 1.82) is 0 Å². The maximum absolute atomic E-state index is 13.7. The lowest BCUT2D eigenvalue weighted by Gasteiger charge is -2.23. The minimum Gasteiger partial charge on any atom is -0.478 e. The van der Waals surface area contributed by atoms with Crippen LogP contribution in [0, 0.1) is 0 Å². The minimum atomic E-state index is -4.50. The van der Waals surface area contributed by atoms with Crippen molar-refractivity contribution in [3.05, 3.63) is 143 Å². The van der Waals surface area contributed by atoms with Gasteiger partial charge in [0, 0.05) is 61.4 Å². The van der Waals surface area contributed by atoms with E-state index in [1.807, 2.05) is 44.2 Å². The fraction of sp³-hybridized carbons (Fsp3) is 0.360. The normalized spacial score (nSPS) is 11.6. The first-order valence-electron chi connectivity index (χ1n) is 22.3. The van der Waals surface area contributed by atoms with Gasteiger partial charge < -0.3 is 39.6 Å². The number of hydrogen-bond donors (Lipinski definition) is 3. The van der Waals surface area contributed by atoms with Gasteiger partial charge in [-0.1, -0.05) is 30.3 Å². The summed E-state index contributed by atoms with van der Waals surface area (Å²) >= 11 is 0. The second-order valence-corrected chi connectivity index (χ2v) is 17.5. The number of carbonyl (C=O) groups excluding carboxylic acids is 2. The van der Waals surface area contributed by atoms with Crippen LogP contribution in [-0.2, 0) is 47.9 Å². The van der Waals surface area contributed by atoms with Gasteiger partial charge in [-0.15, -0.1) is 0 Å². The maximum atomic E-state index is 13.7. The Morgan fingerprint density at radius 1 is 0.676 bits per heavy atom. The number of anilines is 2. The largest absolute Gasteiger partial charge is 0.478 e. The molecule has 0 atom stereocenters. The van der Waals surface area contributed by atoms with Crippen LogP contribution in [0.15, 0.2) is 114 Å². The van der Waals surface area contributed by atoms with E-state index in [0.717, 1.165) is 42.5 Å². The molecule has 68 heavy (non-hydrogen) atoms. The Balaban J connectivity index is 1.02. The van der Waals surface area contributed by atoms with Gasteiger partial charge >= 0.3 is 12.1 Å². The van der Waals surface area contributed by atoms with E-state index in [2.05, 4.69) is 20.5 Å². The molecular formula is C50H57F3N4O10S. The molecule has 0 bridgehead atoms. The Bertz CT molecular complexity index is 2560. The third-order valence-corrected chi connectivity index (χ3v) is 12.4. The number of nitrogens with zero attached hydrogens (tertiary/aromatic N) is 2. The number of aryl methyl sites for hydroxylation is 1. The molecule has 0 radical (unpaired) electrons. The van der Waals surface area contributed by atoms with Crippen molar-refractivity contribution in [2.24, 2.45) is 0 Å². The van der Waals surface area contributed by atoms with Gasteiger partial charge in [0.15, 0.2) is 9.84 Å². The summed E-state index contributed by atoms with van der Waals surface area (Å²) in [5.41, 5.74) is 3.44. The van der Waals surface area contributed by atoms with Crippen molar-refractivity contribution in [2.75, 3.05) is 81.9 Å². The molecule has 1 aromatic heterocycles. The first kappa shape index (κ1) is 52.8. The molecule has 5 rings (SSSR count). The summed E-state index contributed by atoms with van der Waals surface area (Å²) in [5.74, 6) is -2.19.